The Bertz CT molecular complexity index is 352. The normalized spacial score (nSPS) is 10.1. The van der Waals surface area contributed by atoms with Crippen LogP contribution < -0.4 is 0 Å². The third kappa shape index (κ3) is 2.37. The summed E-state index contributed by atoms with van der Waals surface area (Å²) in [5.41, 5.74) is 0.840. The van der Waals surface area contributed by atoms with Crippen LogP contribution in [0.4, 0.5) is 0 Å². The lowest BCUT2D eigenvalue weighted by Crippen LogP contribution is -1.74. The summed E-state index contributed by atoms with van der Waals surface area (Å²) in [5, 5.41) is 8.94. The van der Waals surface area contributed by atoms with E-state index in [2.05, 4.69) is 15.9 Å². The van der Waals surface area contributed by atoms with Gasteiger partial charge in [0, 0.05) is 15.6 Å². The first-order chi connectivity index (χ1) is 5.74. The summed E-state index contributed by atoms with van der Waals surface area (Å²) in [4.78, 5) is 0. The van der Waals surface area contributed by atoms with Crippen LogP contribution in [0.3, 0.4) is 0 Å². The van der Waals surface area contributed by atoms with E-state index in [9.17, 15) is 0 Å². The predicted molar refractivity (Wildman–Crippen MR) is 53.8 cm³/mol. The van der Waals surface area contributed by atoms with Crippen molar-refractivity contribution in [2.75, 3.05) is 0 Å². The van der Waals surface area contributed by atoms with Gasteiger partial charge in [-0.25, -0.2) is 0 Å². The molecular formula is C9H5BrClN. The molecule has 3 heteroatoms. The molecule has 0 aliphatic heterocycles. The Morgan fingerprint density at radius 1 is 1.50 bits per heavy atom. The molecule has 0 heterocycles. The molecule has 0 atom stereocenters. The molecule has 12 heavy (non-hydrogen) atoms. The number of nitriles is 1. The Labute approximate surface area is 84.4 Å². The van der Waals surface area contributed by atoms with Crippen molar-refractivity contribution in [1.82, 2.24) is 0 Å². The lowest BCUT2D eigenvalue weighted by Gasteiger charge is -1.97. The zero-order chi connectivity index (χ0) is 8.97. The Hall–Kier alpha value is -0.780. The van der Waals surface area contributed by atoms with E-state index in [1.165, 1.54) is 6.08 Å². The lowest BCUT2D eigenvalue weighted by atomic mass is 10.2. The van der Waals surface area contributed by atoms with E-state index in [0.717, 1.165) is 10.0 Å². The molecule has 0 unspecified atom stereocenters. The standard InChI is InChI=1S/C9H5BrClN/c10-8-3-4-9(11)7(6-8)2-1-5-12/h1-4,6H/b2-1+. The van der Waals surface area contributed by atoms with Crippen LogP contribution in [0.5, 0.6) is 0 Å². The van der Waals surface area contributed by atoms with Gasteiger partial charge in [-0.3, -0.25) is 0 Å². The van der Waals surface area contributed by atoms with Crippen molar-refractivity contribution in [3.8, 4) is 6.07 Å². The summed E-state index contributed by atoms with van der Waals surface area (Å²) >= 11 is 9.16. The Morgan fingerprint density at radius 3 is 2.92 bits per heavy atom. The first kappa shape index (κ1) is 9.31. The highest BCUT2D eigenvalue weighted by Crippen LogP contribution is 2.21. The van der Waals surface area contributed by atoms with E-state index in [0.29, 0.717) is 5.02 Å². The van der Waals surface area contributed by atoms with Crippen molar-refractivity contribution in [3.05, 3.63) is 39.3 Å². The van der Waals surface area contributed by atoms with Crippen LogP contribution in [0.2, 0.25) is 5.02 Å². The van der Waals surface area contributed by atoms with Crippen molar-refractivity contribution in [2.45, 2.75) is 0 Å². The van der Waals surface area contributed by atoms with E-state index < -0.39 is 0 Å². The van der Waals surface area contributed by atoms with Gasteiger partial charge >= 0.3 is 0 Å². The Morgan fingerprint density at radius 2 is 2.25 bits per heavy atom. The van der Waals surface area contributed by atoms with Crippen molar-refractivity contribution < 1.29 is 0 Å². The van der Waals surface area contributed by atoms with Gasteiger partial charge < -0.3 is 0 Å². The summed E-state index contributed by atoms with van der Waals surface area (Å²) in [6.45, 7) is 0. The van der Waals surface area contributed by atoms with Gasteiger partial charge in [-0.15, -0.1) is 0 Å². The SMILES string of the molecule is N#C/C=C/c1cc(Br)ccc1Cl. The second-order valence-corrected chi connectivity index (χ2v) is 3.45. The van der Waals surface area contributed by atoms with Gasteiger partial charge in [0.25, 0.3) is 0 Å². The molecule has 0 aliphatic carbocycles. The zero-order valence-electron chi connectivity index (χ0n) is 6.09. The average molecular weight is 243 g/mol. The molecule has 0 aliphatic rings. The minimum atomic E-state index is 0.643. The van der Waals surface area contributed by atoms with Crippen LogP contribution in [-0.4, -0.2) is 0 Å². The fraction of sp³-hybridized carbons (Fsp3) is 0. The summed E-state index contributed by atoms with van der Waals surface area (Å²) in [7, 11) is 0. The molecule has 0 aromatic heterocycles. The number of benzene rings is 1. The highest BCUT2D eigenvalue weighted by Gasteiger charge is 1.95. The maximum absolute atomic E-state index is 8.30. The third-order valence-electron chi connectivity index (χ3n) is 1.30. The highest BCUT2D eigenvalue weighted by molar-refractivity contribution is 9.10. The number of allylic oxidation sites excluding steroid dienone is 1. The fourth-order valence-corrected chi connectivity index (χ4v) is 1.33. The molecule has 0 saturated carbocycles. The number of hydrogen-bond acceptors (Lipinski definition) is 1. The molecule has 0 bridgehead atoms. The minimum absolute atomic E-state index is 0.643. The van der Waals surface area contributed by atoms with Crippen LogP contribution in [0.15, 0.2) is 28.7 Å². The highest BCUT2D eigenvalue weighted by atomic mass is 79.9. The van der Waals surface area contributed by atoms with Gasteiger partial charge in [-0.2, -0.15) is 5.26 Å². The van der Waals surface area contributed by atoms with Crippen LogP contribution >= 0.6 is 27.5 Å². The van der Waals surface area contributed by atoms with E-state index in [4.69, 9.17) is 16.9 Å². The first-order valence-electron chi connectivity index (χ1n) is 3.25. The maximum Gasteiger partial charge on any atom is 0.0912 e. The second-order valence-electron chi connectivity index (χ2n) is 2.13. The molecule has 1 aromatic rings. The van der Waals surface area contributed by atoms with Gasteiger partial charge in [-0.1, -0.05) is 27.5 Å². The summed E-state index contributed by atoms with van der Waals surface area (Å²) < 4.78 is 0.949. The van der Waals surface area contributed by atoms with Gasteiger partial charge in [0.2, 0.25) is 0 Å². The van der Waals surface area contributed by atoms with Crippen LogP contribution in [0.1, 0.15) is 5.56 Å². The predicted octanol–water partition coefficient (Wildman–Crippen LogP) is 3.64. The van der Waals surface area contributed by atoms with E-state index >= 15 is 0 Å². The molecule has 0 fully saturated rings. The smallest absolute Gasteiger partial charge is 0.0912 e. The van der Waals surface area contributed by atoms with Crippen molar-refractivity contribution in [1.29, 1.82) is 5.26 Å². The Kier molecular flexibility index (Phi) is 3.33. The summed E-state index contributed by atoms with van der Waals surface area (Å²) in [6.07, 6.45) is 3.07. The van der Waals surface area contributed by atoms with Gasteiger partial charge in [-0.05, 0) is 29.8 Å². The molecule has 1 aromatic carbocycles. The number of halogens is 2. The van der Waals surface area contributed by atoms with Gasteiger partial charge in [0.05, 0.1) is 6.07 Å². The molecule has 0 N–H and O–H groups in total. The molecule has 0 saturated heterocycles. The molecular weight excluding hydrogens is 237 g/mol. The number of nitrogens with zero attached hydrogens (tertiary/aromatic N) is 1. The van der Waals surface area contributed by atoms with Crippen LogP contribution in [-0.2, 0) is 0 Å². The molecule has 0 amide bonds. The van der Waals surface area contributed by atoms with Gasteiger partial charge in [0.1, 0.15) is 0 Å². The summed E-state index contributed by atoms with van der Waals surface area (Å²) in [5.74, 6) is 0. The second kappa shape index (κ2) is 4.30. The molecule has 1 rings (SSSR count). The number of hydrogen-bond donors (Lipinski definition) is 0. The number of rotatable bonds is 1. The summed E-state index contributed by atoms with van der Waals surface area (Å²) in [6, 6.07) is 7.40. The van der Waals surface area contributed by atoms with E-state index in [1.54, 1.807) is 12.1 Å². The van der Waals surface area contributed by atoms with Crippen LogP contribution in [0.25, 0.3) is 6.08 Å². The molecule has 0 radical (unpaired) electrons. The topological polar surface area (TPSA) is 23.8 Å². The minimum Gasteiger partial charge on any atom is -0.193 e. The van der Waals surface area contributed by atoms with Crippen molar-refractivity contribution in [3.63, 3.8) is 0 Å². The van der Waals surface area contributed by atoms with Crippen LogP contribution in [0, 0.1) is 11.3 Å². The maximum atomic E-state index is 8.30. The monoisotopic (exact) mass is 241 g/mol. The zero-order valence-corrected chi connectivity index (χ0v) is 8.43. The Balaban J connectivity index is 3.07. The molecule has 60 valence electrons. The largest absolute Gasteiger partial charge is 0.193 e. The van der Waals surface area contributed by atoms with Crippen molar-refractivity contribution >= 4 is 33.6 Å². The average Bonchev–Trinajstić information content (AvgIpc) is 2.07. The fourth-order valence-electron chi connectivity index (χ4n) is 0.769. The quantitative estimate of drug-likeness (QED) is 0.690. The lowest BCUT2D eigenvalue weighted by molar-refractivity contribution is 1.53. The molecule has 0 spiro atoms. The molecule has 1 nitrogen and oxygen atoms in total. The van der Waals surface area contributed by atoms with Gasteiger partial charge in [0.15, 0.2) is 0 Å². The first-order valence-corrected chi connectivity index (χ1v) is 4.42. The van der Waals surface area contributed by atoms with E-state index in [1.807, 2.05) is 18.2 Å². The third-order valence-corrected chi connectivity index (χ3v) is 2.13. The van der Waals surface area contributed by atoms with E-state index in [-0.39, 0.29) is 0 Å². The van der Waals surface area contributed by atoms with Crippen molar-refractivity contribution in [2.24, 2.45) is 0 Å².